The Hall–Kier alpha value is -0.550. The van der Waals surface area contributed by atoms with Gasteiger partial charge in [-0.15, -0.1) is 0 Å². The SMILES string of the molecule is CC(C)[C@]1(C)SC(=N[C@H]2C[C@@H]3CC(O)[C@@H]2C3)NC1=O. The lowest BCUT2D eigenvalue weighted by Gasteiger charge is -2.24. The van der Waals surface area contributed by atoms with Crippen LogP contribution in [0.25, 0.3) is 0 Å². The number of hydrogen-bond acceptors (Lipinski definition) is 4. The lowest BCUT2D eigenvalue weighted by atomic mass is 9.93. The Morgan fingerprint density at radius 3 is 2.68 bits per heavy atom. The van der Waals surface area contributed by atoms with E-state index in [0.29, 0.717) is 11.8 Å². The van der Waals surface area contributed by atoms with Gasteiger partial charge in [-0.3, -0.25) is 9.79 Å². The molecule has 1 amide bonds. The van der Waals surface area contributed by atoms with E-state index in [0.717, 1.165) is 24.4 Å². The minimum absolute atomic E-state index is 0.0648. The number of amides is 1. The maximum absolute atomic E-state index is 12.1. The topological polar surface area (TPSA) is 61.7 Å². The van der Waals surface area contributed by atoms with Crippen molar-refractivity contribution in [1.29, 1.82) is 0 Å². The lowest BCUT2D eigenvalue weighted by molar-refractivity contribution is -0.122. The van der Waals surface area contributed by atoms with E-state index in [1.165, 1.54) is 0 Å². The molecule has 2 saturated carbocycles. The summed E-state index contributed by atoms with van der Waals surface area (Å²) in [5.41, 5.74) is 0. The summed E-state index contributed by atoms with van der Waals surface area (Å²) in [6.45, 7) is 6.11. The van der Waals surface area contributed by atoms with Crippen molar-refractivity contribution in [2.45, 2.75) is 56.9 Å². The molecule has 0 aromatic heterocycles. The van der Waals surface area contributed by atoms with Gasteiger partial charge >= 0.3 is 0 Å². The standard InChI is InChI=1S/C14H22N2O2S/c1-7(2)14(3)12(18)16-13(19-14)15-10-5-8-4-9(10)11(17)6-8/h7-11,17H,4-6H2,1-3H3,(H,15,16,18)/t8-,9-,10+,11?,14+/m1/s1. The number of amidine groups is 1. The molecule has 106 valence electrons. The van der Waals surface area contributed by atoms with Crippen LogP contribution in [0.5, 0.6) is 0 Å². The van der Waals surface area contributed by atoms with Crippen molar-refractivity contribution in [1.82, 2.24) is 5.32 Å². The van der Waals surface area contributed by atoms with Crippen molar-refractivity contribution in [3.8, 4) is 0 Å². The molecule has 1 heterocycles. The highest BCUT2D eigenvalue weighted by Crippen LogP contribution is 2.47. The second-order valence-electron chi connectivity index (χ2n) is 6.62. The summed E-state index contributed by atoms with van der Waals surface area (Å²) in [6.07, 6.45) is 2.92. The Balaban J connectivity index is 1.75. The van der Waals surface area contributed by atoms with Gasteiger partial charge in [0.25, 0.3) is 0 Å². The molecule has 0 spiro atoms. The average molecular weight is 282 g/mol. The molecule has 19 heavy (non-hydrogen) atoms. The fourth-order valence-corrected chi connectivity index (χ4v) is 4.62. The molecule has 0 aromatic rings. The molecule has 1 saturated heterocycles. The first-order valence-corrected chi connectivity index (χ1v) is 7.98. The largest absolute Gasteiger partial charge is 0.393 e. The highest BCUT2D eigenvalue weighted by Gasteiger charge is 2.48. The molecular formula is C14H22N2O2S. The zero-order valence-corrected chi connectivity index (χ0v) is 12.5. The Morgan fingerprint density at radius 2 is 2.16 bits per heavy atom. The van der Waals surface area contributed by atoms with Gasteiger partial charge in [-0.05, 0) is 38.0 Å². The molecule has 0 aromatic carbocycles. The minimum Gasteiger partial charge on any atom is -0.393 e. The van der Waals surface area contributed by atoms with Crippen LogP contribution >= 0.6 is 11.8 Å². The van der Waals surface area contributed by atoms with Gasteiger partial charge in [-0.2, -0.15) is 0 Å². The van der Waals surface area contributed by atoms with Crippen molar-refractivity contribution in [3.05, 3.63) is 0 Å². The van der Waals surface area contributed by atoms with Crippen LogP contribution in [-0.2, 0) is 4.79 Å². The third kappa shape index (κ3) is 2.11. The Kier molecular flexibility index (Phi) is 3.17. The summed E-state index contributed by atoms with van der Waals surface area (Å²) in [6, 6.07) is 0.200. The molecule has 2 N–H and O–H groups in total. The lowest BCUT2D eigenvalue weighted by Crippen LogP contribution is -2.38. The molecule has 2 aliphatic carbocycles. The summed E-state index contributed by atoms with van der Waals surface area (Å²) < 4.78 is -0.408. The van der Waals surface area contributed by atoms with E-state index in [1.54, 1.807) is 11.8 Å². The highest BCUT2D eigenvalue weighted by atomic mass is 32.2. The van der Waals surface area contributed by atoms with Crippen LogP contribution < -0.4 is 5.32 Å². The van der Waals surface area contributed by atoms with Crippen LogP contribution in [0.1, 0.15) is 40.0 Å². The number of fused-ring (bicyclic) bond motifs is 2. The third-order valence-electron chi connectivity index (χ3n) is 5.11. The average Bonchev–Trinajstić information content (AvgIpc) is 2.93. The normalized spacial score (nSPS) is 47.4. The summed E-state index contributed by atoms with van der Waals surface area (Å²) in [5.74, 6) is 1.28. The fraction of sp³-hybridized carbons (Fsp3) is 0.857. The van der Waals surface area contributed by atoms with Crippen molar-refractivity contribution in [3.63, 3.8) is 0 Å². The van der Waals surface area contributed by atoms with Gasteiger partial charge in [-0.1, -0.05) is 25.6 Å². The van der Waals surface area contributed by atoms with Crippen molar-refractivity contribution in [2.24, 2.45) is 22.7 Å². The Bertz CT molecular complexity index is 437. The first kappa shape index (κ1) is 13.4. The van der Waals surface area contributed by atoms with E-state index in [2.05, 4.69) is 19.2 Å². The molecule has 3 fully saturated rings. The quantitative estimate of drug-likeness (QED) is 0.811. The monoisotopic (exact) mass is 282 g/mol. The highest BCUT2D eigenvalue weighted by molar-refractivity contribution is 8.16. The number of aliphatic hydroxyl groups is 1. The number of nitrogens with one attached hydrogen (secondary N) is 1. The van der Waals surface area contributed by atoms with Gasteiger partial charge in [0, 0.05) is 5.92 Å². The van der Waals surface area contributed by atoms with Crippen molar-refractivity contribution < 1.29 is 9.90 Å². The van der Waals surface area contributed by atoms with E-state index in [4.69, 9.17) is 4.99 Å². The number of thioether (sulfide) groups is 1. The molecule has 4 nitrogen and oxygen atoms in total. The molecule has 5 heteroatoms. The van der Waals surface area contributed by atoms with Crippen LogP contribution in [0.15, 0.2) is 4.99 Å². The van der Waals surface area contributed by atoms with Gasteiger partial charge in [-0.25, -0.2) is 0 Å². The number of carbonyl (C=O) groups excluding carboxylic acids is 1. The molecule has 3 rings (SSSR count). The summed E-state index contributed by atoms with van der Waals surface area (Å²) in [5, 5.41) is 13.6. The maximum Gasteiger partial charge on any atom is 0.242 e. The van der Waals surface area contributed by atoms with Crippen LogP contribution in [0.3, 0.4) is 0 Å². The molecule has 1 unspecified atom stereocenters. The van der Waals surface area contributed by atoms with Gasteiger partial charge in [0.1, 0.15) is 4.75 Å². The van der Waals surface area contributed by atoms with Crippen molar-refractivity contribution >= 4 is 22.8 Å². The fourth-order valence-electron chi connectivity index (χ4n) is 3.51. The van der Waals surface area contributed by atoms with Gasteiger partial charge in [0.15, 0.2) is 5.17 Å². The second-order valence-corrected chi connectivity index (χ2v) is 8.06. The number of hydrogen-bond donors (Lipinski definition) is 2. The van der Waals surface area contributed by atoms with Gasteiger partial charge in [0.05, 0.1) is 12.1 Å². The number of carbonyl (C=O) groups is 1. The Labute approximate surface area is 118 Å². The first-order valence-electron chi connectivity index (χ1n) is 7.16. The van der Waals surface area contributed by atoms with Crippen LogP contribution in [-0.4, -0.2) is 33.1 Å². The summed E-state index contributed by atoms with van der Waals surface area (Å²) >= 11 is 1.55. The zero-order valence-electron chi connectivity index (χ0n) is 11.7. The van der Waals surface area contributed by atoms with Crippen molar-refractivity contribution in [2.75, 3.05) is 0 Å². The number of nitrogens with zero attached hydrogens (tertiary/aromatic N) is 1. The summed E-state index contributed by atoms with van der Waals surface area (Å²) in [4.78, 5) is 16.8. The molecular weight excluding hydrogens is 260 g/mol. The summed E-state index contributed by atoms with van der Waals surface area (Å²) in [7, 11) is 0. The third-order valence-corrected chi connectivity index (χ3v) is 6.59. The Morgan fingerprint density at radius 1 is 1.42 bits per heavy atom. The number of rotatable bonds is 2. The molecule has 1 aliphatic heterocycles. The van der Waals surface area contributed by atoms with Gasteiger partial charge in [0.2, 0.25) is 5.91 Å². The zero-order chi connectivity index (χ0) is 13.8. The van der Waals surface area contributed by atoms with Crippen LogP contribution in [0.2, 0.25) is 0 Å². The maximum atomic E-state index is 12.1. The predicted molar refractivity (Wildman–Crippen MR) is 77.0 cm³/mol. The van der Waals surface area contributed by atoms with E-state index >= 15 is 0 Å². The number of aliphatic imine (C=N–C) groups is 1. The van der Waals surface area contributed by atoms with E-state index in [9.17, 15) is 9.90 Å². The first-order chi connectivity index (χ1) is 8.90. The molecule has 5 atom stereocenters. The van der Waals surface area contributed by atoms with Gasteiger partial charge < -0.3 is 10.4 Å². The smallest absolute Gasteiger partial charge is 0.242 e. The molecule has 0 radical (unpaired) electrons. The van der Waals surface area contributed by atoms with Crippen LogP contribution in [0, 0.1) is 17.8 Å². The van der Waals surface area contributed by atoms with Crippen LogP contribution in [0.4, 0.5) is 0 Å². The van der Waals surface area contributed by atoms with E-state index in [-0.39, 0.29) is 24.0 Å². The van der Waals surface area contributed by atoms with E-state index < -0.39 is 4.75 Å². The van der Waals surface area contributed by atoms with E-state index in [1.807, 2.05) is 6.92 Å². The molecule has 2 bridgehead atoms. The number of aliphatic hydroxyl groups excluding tert-OH is 1. The predicted octanol–water partition coefficient (Wildman–Crippen LogP) is 1.78. The molecule has 3 aliphatic rings. The minimum atomic E-state index is -0.408. The second kappa shape index (κ2) is 4.48.